The molecule has 0 radical (unpaired) electrons. The highest BCUT2D eigenvalue weighted by Crippen LogP contribution is 2.26. The van der Waals surface area contributed by atoms with Crippen LogP contribution in [-0.2, 0) is 4.79 Å². The van der Waals surface area contributed by atoms with E-state index < -0.39 is 0 Å². The third-order valence-corrected chi connectivity index (χ3v) is 5.45. The van der Waals surface area contributed by atoms with Crippen molar-refractivity contribution < 1.29 is 14.4 Å². The summed E-state index contributed by atoms with van der Waals surface area (Å²) in [5.74, 6) is -0.322. The number of hydrogen-bond donors (Lipinski definition) is 1. The number of fused-ring (bicyclic) bond motifs is 1. The van der Waals surface area contributed by atoms with E-state index >= 15 is 0 Å². The second kappa shape index (κ2) is 7.83. The van der Waals surface area contributed by atoms with Gasteiger partial charge in [0.1, 0.15) is 0 Å². The van der Waals surface area contributed by atoms with Crippen molar-refractivity contribution in [2.75, 3.05) is 6.54 Å². The summed E-state index contributed by atoms with van der Waals surface area (Å²) in [5, 5.41) is 5.07. The molecule has 1 aliphatic rings. The molecule has 1 aromatic heterocycles. The Morgan fingerprint density at radius 2 is 1.73 bits per heavy atom. The van der Waals surface area contributed by atoms with E-state index in [9.17, 15) is 14.4 Å². The highest BCUT2D eigenvalue weighted by Gasteiger charge is 2.34. The van der Waals surface area contributed by atoms with Crippen LogP contribution in [0.1, 0.15) is 58.3 Å². The molecule has 136 valence electrons. The predicted molar refractivity (Wildman–Crippen MR) is 101 cm³/mol. The molecular weight excluding hydrogens is 348 g/mol. The van der Waals surface area contributed by atoms with E-state index in [4.69, 9.17) is 0 Å². The first-order valence-electron chi connectivity index (χ1n) is 8.77. The smallest absolute Gasteiger partial charge is 0.261 e. The van der Waals surface area contributed by atoms with Gasteiger partial charge in [-0.05, 0) is 35.9 Å². The highest BCUT2D eigenvalue weighted by molar-refractivity contribution is 7.10. The van der Waals surface area contributed by atoms with Gasteiger partial charge >= 0.3 is 0 Å². The van der Waals surface area contributed by atoms with Gasteiger partial charge in [0.2, 0.25) is 5.91 Å². The molecule has 26 heavy (non-hydrogen) atoms. The average Bonchev–Trinajstić information content (AvgIpc) is 3.23. The molecule has 0 fully saturated rings. The number of nitrogens with one attached hydrogen (secondary N) is 1. The largest absolute Gasteiger partial charge is 0.348 e. The standard InChI is InChI=1S/C20H22N2O3S/c1-13(2)18(16-9-6-12-26-16)21-17(23)10-5-11-22-19(24)14-7-3-4-8-15(14)20(22)25/h3-4,6-9,12-13,18H,5,10-11H2,1-2H3,(H,21,23). The minimum absolute atomic E-state index is 0.0122. The number of rotatable bonds is 7. The minimum atomic E-state index is -0.273. The van der Waals surface area contributed by atoms with Crippen molar-refractivity contribution >= 4 is 29.1 Å². The number of thiophene rings is 1. The van der Waals surface area contributed by atoms with Gasteiger partial charge in [0.15, 0.2) is 0 Å². The Kier molecular flexibility index (Phi) is 5.52. The van der Waals surface area contributed by atoms with Crippen molar-refractivity contribution in [3.05, 3.63) is 57.8 Å². The van der Waals surface area contributed by atoms with E-state index in [1.807, 2.05) is 17.5 Å². The maximum Gasteiger partial charge on any atom is 0.261 e. The van der Waals surface area contributed by atoms with Gasteiger partial charge in [0.25, 0.3) is 11.8 Å². The van der Waals surface area contributed by atoms with Crippen LogP contribution in [0.3, 0.4) is 0 Å². The van der Waals surface area contributed by atoms with Crippen LogP contribution in [0, 0.1) is 5.92 Å². The van der Waals surface area contributed by atoms with E-state index in [1.165, 1.54) is 4.90 Å². The van der Waals surface area contributed by atoms with E-state index in [1.54, 1.807) is 35.6 Å². The fourth-order valence-electron chi connectivity index (χ4n) is 3.12. The van der Waals surface area contributed by atoms with E-state index in [-0.39, 0.29) is 42.6 Å². The van der Waals surface area contributed by atoms with Gasteiger partial charge < -0.3 is 5.32 Å². The van der Waals surface area contributed by atoms with E-state index in [0.717, 1.165) is 4.88 Å². The lowest BCUT2D eigenvalue weighted by Crippen LogP contribution is -2.33. The number of carbonyl (C=O) groups is 3. The summed E-state index contributed by atoms with van der Waals surface area (Å²) >= 11 is 1.63. The van der Waals surface area contributed by atoms with Gasteiger partial charge in [0, 0.05) is 17.8 Å². The summed E-state index contributed by atoms with van der Waals surface area (Å²) in [7, 11) is 0. The van der Waals surface area contributed by atoms with Crippen molar-refractivity contribution in [2.24, 2.45) is 5.92 Å². The van der Waals surface area contributed by atoms with E-state index in [0.29, 0.717) is 17.5 Å². The summed E-state index contributed by atoms with van der Waals surface area (Å²) in [6.45, 7) is 4.40. The molecule has 2 aromatic rings. The minimum Gasteiger partial charge on any atom is -0.348 e. The highest BCUT2D eigenvalue weighted by atomic mass is 32.1. The second-order valence-electron chi connectivity index (χ2n) is 6.72. The molecule has 0 aliphatic carbocycles. The maximum absolute atomic E-state index is 12.3. The monoisotopic (exact) mass is 370 g/mol. The fraction of sp³-hybridized carbons (Fsp3) is 0.350. The Morgan fingerprint density at radius 3 is 2.27 bits per heavy atom. The first kappa shape index (κ1) is 18.3. The number of amides is 3. The third-order valence-electron chi connectivity index (χ3n) is 4.50. The van der Waals surface area contributed by atoms with E-state index in [2.05, 4.69) is 19.2 Å². The first-order valence-corrected chi connectivity index (χ1v) is 9.65. The van der Waals surface area contributed by atoms with Crippen molar-refractivity contribution in [2.45, 2.75) is 32.7 Å². The Bertz CT molecular complexity index is 779. The zero-order chi connectivity index (χ0) is 18.7. The molecule has 1 N–H and O–H groups in total. The quantitative estimate of drug-likeness (QED) is 0.757. The summed E-state index contributed by atoms with van der Waals surface area (Å²) in [4.78, 5) is 39.3. The maximum atomic E-state index is 12.3. The van der Waals surface area contributed by atoms with Crippen LogP contribution in [0.25, 0.3) is 0 Å². The van der Waals surface area contributed by atoms with Crippen LogP contribution < -0.4 is 5.32 Å². The van der Waals surface area contributed by atoms with Gasteiger partial charge in [-0.1, -0.05) is 32.0 Å². The lowest BCUT2D eigenvalue weighted by Gasteiger charge is -2.21. The molecule has 1 unspecified atom stereocenters. The molecule has 1 atom stereocenters. The molecule has 3 rings (SSSR count). The van der Waals surface area contributed by atoms with Gasteiger partial charge in [-0.15, -0.1) is 11.3 Å². The molecule has 6 heteroatoms. The molecule has 3 amide bonds. The SMILES string of the molecule is CC(C)C(NC(=O)CCCN1C(=O)c2ccccc2C1=O)c1cccs1. The Balaban J connectivity index is 1.53. The molecule has 5 nitrogen and oxygen atoms in total. The molecule has 1 aromatic carbocycles. The average molecular weight is 370 g/mol. The van der Waals surface area contributed by atoms with Crippen LogP contribution in [0.15, 0.2) is 41.8 Å². The van der Waals surface area contributed by atoms with Crippen LogP contribution in [0.2, 0.25) is 0 Å². The third kappa shape index (κ3) is 3.70. The lowest BCUT2D eigenvalue weighted by molar-refractivity contribution is -0.122. The zero-order valence-corrected chi connectivity index (χ0v) is 15.7. The van der Waals surface area contributed by atoms with Gasteiger partial charge in [-0.3, -0.25) is 19.3 Å². The van der Waals surface area contributed by atoms with Crippen LogP contribution in [0.4, 0.5) is 0 Å². The van der Waals surface area contributed by atoms with Gasteiger partial charge in [0.05, 0.1) is 17.2 Å². The number of nitrogens with zero attached hydrogens (tertiary/aromatic N) is 1. The number of carbonyl (C=O) groups excluding carboxylic acids is 3. The van der Waals surface area contributed by atoms with Crippen molar-refractivity contribution in [3.8, 4) is 0 Å². The molecule has 0 spiro atoms. The van der Waals surface area contributed by atoms with Crippen molar-refractivity contribution in [1.82, 2.24) is 10.2 Å². The second-order valence-corrected chi connectivity index (χ2v) is 7.69. The molecule has 0 saturated heterocycles. The van der Waals surface area contributed by atoms with Gasteiger partial charge in [-0.25, -0.2) is 0 Å². The number of benzene rings is 1. The van der Waals surface area contributed by atoms with Gasteiger partial charge in [-0.2, -0.15) is 0 Å². The molecule has 1 aliphatic heterocycles. The molecule has 0 bridgehead atoms. The Morgan fingerprint density at radius 1 is 1.08 bits per heavy atom. The Hall–Kier alpha value is -2.47. The zero-order valence-electron chi connectivity index (χ0n) is 14.9. The fourth-order valence-corrected chi connectivity index (χ4v) is 4.07. The molecular formula is C20H22N2O3S. The topological polar surface area (TPSA) is 66.5 Å². The van der Waals surface area contributed by atoms with Crippen molar-refractivity contribution in [3.63, 3.8) is 0 Å². The first-order chi connectivity index (χ1) is 12.5. The summed E-state index contributed by atoms with van der Waals surface area (Å²) in [6.07, 6.45) is 0.731. The van der Waals surface area contributed by atoms with Crippen LogP contribution in [0.5, 0.6) is 0 Å². The van der Waals surface area contributed by atoms with Crippen LogP contribution >= 0.6 is 11.3 Å². The van der Waals surface area contributed by atoms with Crippen LogP contribution in [-0.4, -0.2) is 29.2 Å². The molecule has 0 saturated carbocycles. The summed E-state index contributed by atoms with van der Waals surface area (Å²) in [6, 6.07) is 10.8. The predicted octanol–water partition coefficient (Wildman–Crippen LogP) is 3.64. The number of hydrogen-bond acceptors (Lipinski definition) is 4. The molecule has 2 heterocycles. The Labute approximate surface area is 157 Å². The number of imide groups is 1. The summed E-state index contributed by atoms with van der Waals surface area (Å²) in [5.41, 5.74) is 0.888. The normalized spacial score (nSPS) is 14.7. The lowest BCUT2D eigenvalue weighted by atomic mass is 10.0. The van der Waals surface area contributed by atoms with Crippen molar-refractivity contribution in [1.29, 1.82) is 0 Å². The summed E-state index contributed by atoms with van der Waals surface area (Å²) < 4.78 is 0.